The minimum absolute atomic E-state index is 0.00912. The zero-order valence-electron chi connectivity index (χ0n) is 9.52. The monoisotopic (exact) mass is 219 g/mol. The summed E-state index contributed by atoms with van der Waals surface area (Å²) in [4.78, 5) is 11.9. The molecule has 0 atom stereocenters. The third kappa shape index (κ3) is 2.03. The third-order valence-electron chi connectivity index (χ3n) is 2.33. The van der Waals surface area contributed by atoms with Gasteiger partial charge >= 0.3 is 0 Å². The molecule has 16 heavy (non-hydrogen) atoms. The van der Waals surface area contributed by atoms with Crippen molar-refractivity contribution in [2.75, 3.05) is 0 Å². The van der Waals surface area contributed by atoms with Crippen molar-refractivity contribution in [1.29, 1.82) is 0 Å². The molecule has 0 aliphatic heterocycles. The average Bonchev–Trinajstić information content (AvgIpc) is 2.73. The lowest BCUT2D eigenvalue weighted by Crippen LogP contribution is -2.04. The SMILES string of the molecule is Cc1cc(C(=O)Cc2cn(C)nn2)c(C)o1. The number of Topliss-reactive ketones (excluding diaryl/α,β-unsaturated/α-hetero) is 1. The summed E-state index contributed by atoms with van der Waals surface area (Å²) < 4.78 is 6.90. The van der Waals surface area contributed by atoms with Gasteiger partial charge in [0.25, 0.3) is 0 Å². The Kier molecular flexibility index (Phi) is 2.60. The highest BCUT2D eigenvalue weighted by Crippen LogP contribution is 2.15. The number of carbonyl (C=O) groups is 1. The second kappa shape index (κ2) is 3.92. The Morgan fingerprint density at radius 2 is 2.25 bits per heavy atom. The molecule has 2 aromatic rings. The van der Waals surface area contributed by atoms with E-state index in [9.17, 15) is 4.79 Å². The zero-order valence-corrected chi connectivity index (χ0v) is 9.52. The fraction of sp³-hybridized carbons (Fsp3) is 0.364. The summed E-state index contributed by atoms with van der Waals surface area (Å²) in [5.41, 5.74) is 1.30. The lowest BCUT2D eigenvalue weighted by Gasteiger charge is -1.94. The van der Waals surface area contributed by atoms with E-state index < -0.39 is 0 Å². The van der Waals surface area contributed by atoms with E-state index in [0.29, 0.717) is 17.0 Å². The molecule has 0 radical (unpaired) electrons. The number of hydrogen-bond donors (Lipinski definition) is 0. The summed E-state index contributed by atoms with van der Waals surface area (Å²) in [6.07, 6.45) is 1.99. The molecular formula is C11H13N3O2. The molecule has 0 saturated heterocycles. The van der Waals surface area contributed by atoms with E-state index in [1.54, 1.807) is 30.9 Å². The molecule has 0 aliphatic rings. The van der Waals surface area contributed by atoms with Crippen molar-refractivity contribution in [3.8, 4) is 0 Å². The third-order valence-corrected chi connectivity index (χ3v) is 2.33. The Hall–Kier alpha value is -1.91. The molecule has 2 aromatic heterocycles. The topological polar surface area (TPSA) is 60.9 Å². The van der Waals surface area contributed by atoms with Crippen LogP contribution < -0.4 is 0 Å². The molecule has 0 aliphatic carbocycles. The van der Waals surface area contributed by atoms with E-state index in [-0.39, 0.29) is 12.2 Å². The van der Waals surface area contributed by atoms with Crippen molar-refractivity contribution in [1.82, 2.24) is 15.0 Å². The van der Waals surface area contributed by atoms with Crippen LogP contribution in [0.25, 0.3) is 0 Å². The van der Waals surface area contributed by atoms with Gasteiger partial charge in [0.15, 0.2) is 5.78 Å². The molecule has 84 valence electrons. The molecule has 0 spiro atoms. The van der Waals surface area contributed by atoms with Crippen molar-refractivity contribution >= 4 is 5.78 Å². The number of carbonyl (C=O) groups excluding carboxylic acids is 1. The molecule has 5 nitrogen and oxygen atoms in total. The number of aryl methyl sites for hydroxylation is 3. The number of nitrogens with zero attached hydrogens (tertiary/aromatic N) is 3. The first kappa shape index (κ1) is 10.6. The van der Waals surface area contributed by atoms with Crippen molar-refractivity contribution in [2.24, 2.45) is 7.05 Å². The van der Waals surface area contributed by atoms with E-state index >= 15 is 0 Å². The first-order valence-corrected chi connectivity index (χ1v) is 5.01. The predicted octanol–water partition coefficient (Wildman–Crippen LogP) is 1.45. The van der Waals surface area contributed by atoms with Gasteiger partial charge in [-0.3, -0.25) is 9.48 Å². The smallest absolute Gasteiger partial charge is 0.172 e. The first-order chi connectivity index (χ1) is 7.56. The maximum Gasteiger partial charge on any atom is 0.172 e. The predicted molar refractivity (Wildman–Crippen MR) is 57.2 cm³/mol. The lowest BCUT2D eigenvalue weighted by atomic mass is 10.1. The quantitative estimate of drug-likeness (QED) is 0.733. The number of ketones is 1. The highest BCUT2D eigenvalue weighted by Gasteiger charge is 2.15. The summed E-state index contributed by atoms with van der Waals surface area (Å²) >= 11 is 0. The van der Waals surface area contributed by atoms with Crippen LogP contribution in [0, 0.1) is 13.8 Å². The van der Waals surface area contributed by atoms with Gasteiger partial charge in [0.05, 0.1) is 17.7 Å². The van der Waals surface area contributed by atoms with Crippen molar-refractivity contribution in [2.45, 2.75) is 20.3 Å². The van der Waals surface area contributed by atoms with Gasteiger partial charge in [0, 0.05) is 13.2 Å². The van der Waals surface area contributed by atoms with Crippen LogP contribution in [0.5, 0.6) is 0 Å². The molecule has 2 rings (SSSR count). The highest BCUT2D eigenvalue weighted by atomic mass is 16.3. The largest absolute Gasteiger partial charge is 0.466 e. The summed E-state index contributed by atoms with van der Waals surface area (Å²) in [7, 11) is 1.77. The standard InChI is InChI=1S/C11H13N3O2/c1-7-4-10(8(2)16-7)11(15)5-9-6-14(3)13-12-9/h4,6H,5H2,1-3H3. The Bertz CT molecular complexity index is 525. The van der Waals surface area contributed by atoms with Crippen LogP contribution in [0.3, 0.4) is 0 Å². The van der Waals surface area contributed by atoms with Crippen LogP contribution in [0.1, 0.15) is 27.6 Å². The van der Waals surface area contributed by atoms with Gasteiger partial charge in [0.1, 0.15) is 11.5 Å². The second-order valence-electron chi connectivity index (χ2n) is 3.81. The van der Waals surface area contributed by atoms with E-state index in [4.69, 9.17) is 4.42 Å². The van der Waals surface area contributed by atoms with Crippen molar-refractivity contribution in [3.63, 3.8) is 0 Å². The van der Waals surface area contributed by atoms with E-state index in [2.05, 4.69) is 10.3 Å². The molecule has 0 unspecified atom stereocenters. The van der Waals surface area contributed by atoms with Gasteiger partial charge in [0.2, 0.25) is 0 Å². The van der Waals surface area contributed by atoms with Crippen LogP contribution in [-0.4, -0.2) is 20.8 Å². The fourth-order valence-electron chi connectivity index (χ4n) is 1.64. The maximum absolute atomic E-state index is 11.9. The Labute approximate surface area is 93.1 Å². The molecule has 0 N–H and O–H groups in total. The maximum atomic E-state index is 11.9. The minimum atomic E-state index is 0.00912. The van der Waals surface area contributed by atoms with Gasteiger partial charge in [-0.1, -0.05) is 5.21 Å². The zero-order chi connectivity index (χ0) is 11.7. The van der Waals surface area contributed by atoms with E-state index in [1.165, 1.54) is 0 Å². The van der Waals surface area contributed by atoms with Gasteiger partial charge in [-0.2, -0.15) is 0 Å². The summed E-state index contributed by atoms with van der Waals surface area (Å²) in [5.74, 6) is 1.42. The normalized spacial score (nSPS) is 10.7. The summed E-state index contributed by atoms with van der Waals surface area (Å²) in [6.45, 7) is 3.61. The van der Waals surface area contributed by atoms with E-state index in [0.717, 1.165) is 5.76 Å². The minimum Gasteiger partial charge on any atom is -0.466 e. The molecular weight excluding hydrogens is 206 g/mol. The van der Waals surface area contributed by atoms with Crippen LogP contribution in [0.15, 0.2) is 16.7 Å². The Balaban J connectivity index is 2.17. The molecule has 0 amide bonds. The summed E-state index contributed by atoms with van der Waals surface area (Å²) in [6, 6.07) is 1.76. The number of aromatic nitrogens is 3. The van der Waals surface area contributed by atoms with Crippen LogP contribution in [0.4, 0.5) is 0 Å². The molecule has 0 bridgehead atoms. The molecule has 0 saturated carbocycles. The second-order valence-corrected chi connectivity index (χ2v) is 3.81. The van der Waals surface area contributed by atoms with Gasteiger partial charge in [-0.15, -0.1) is 5.10 Å². The molecule has 0 aromatic carbocycles. The lowest BCUT2D eigenvalue weighted by molar-refractivity contribution is 0.0990. The molecule has 5 heteroatoms. The van der Waals surface area contributed by atoms with E-state index in [1.807, 2.05) is 6.92 Å². The average molecular weight is 219 g/mol. The van der Waals surface area contributed by atoms with Crippen molar-refractivity contribution in [3.05, 3.63) is 35.0 Å². The number of rotatable bonds is 3. The highest BCUT2D eigenvalue weighted by molar-refractivity contribution is 5.98. The Morgan fingerprint density at radius 3 is 2.75 bits per heavy atom. The van der Waals surface area contributed by atoms with Gasteiger partial charge in [-0.25, -0.2) is 0 Å². The van der Waals surface area contributed by atoms with Crippen LogP contribution in [-0.2, 0) is 13.5 Å². The Morgan fingerprint density at radius 1 is 1.50 bits per heavy atom. The fourth-order valence-corrected chi connectivity index (χ4v) is 1.64. The first-order valence-electron chi connectivity index (χ1n) is 5.01. The molecule has 0 fully saturated rings. The van der Waals surface area contributed by atoms with Crippen molar-refractivity contribution < 1.29 is 9.21 Å². The number of hydrogen-bond acceptors (Lipinski definition) is 4. The number of furan rings is 1. The van der Waals surface area contributed by atoms with Gasteiger partial charge < -0.3 is 4.42 Å². The summed E-state index contributed by atoms with van der Waals surface area (Å²) in [5, 5.41) is 7.66. The van der Waals surface area contributed by atoms with Gasteiger partial charge in [-0.05, 0) is 19.9 Å². The van der Waals surface area contributed by atoms with Crippen LogP contribution in [0.2, 0.25) is 0 Å². The molecule has 2 heterocycles. The van der Waals surface area contributed by atoms with Crippen LogP contribution >= 0.6 is 0 Å².